The number of nitrogens with two attached hydrogens (primary N) is 1. The molecule has 5 nitrogen and oxygen atoms in total. The minimum atomic E-state index is -3.73. The molecule has 0 saturated heterocycles. The van der Waals surface area contributed by atoms with Crippen LogP contribution >= 0.6 is 0 Å². The largest absolute Gasteiger partial charge is 1.00 e. The molecule has 0 aliphatic heterocycles. The monoisotopic (exact) mass is 238 g/mol. The number of sulfonamides is 1. The number of hydrogen-bond donors (Lipinski definition) is 2. The van der Waals surface area contributed by atoms with E-state index in [1.54, 1.807) is 0 Å². The van der Waals surface area contributed by atoms with Gasteiger partial charge in [-0.15, -0.1) is 0 Å². The number of anilines is 1. The van der Waals surface area contributed by atoms with E-state index in [9.17, 15) is 13.2 Å². The van der Waals surface area contributed by atoms with E-state index in [1.807, 2.05) is 4.72 Å². The molecular weight excluding hydrogens is 227 g/mol. The first kappa shape index (κ1) is 14.4. The quantitative estimate of drug-likeness (QED) is 0.430. The van der Waals surface area contributed by atoms with E-state index in [0.29, 0.717) is 5.69 Å². The topological polar surface area (TPSA) is 89.3 Å². The minimum absolute atomic E-state index is 0. The van der Waals surface area contributed by atoms with Crippen molar-refractivity contribution in [2.45, 2.75) is 11.8 Å². The van der Waals surface area contributed by atoms with Gasteiger partial charge in [0.1, 0.15) is 0 Å². The van der Waals surface area contributed by atoms with Crippen molar-refractivity contribution in [1.82, 2.24) is 4.72 Å². The molecule has 1 aromatic carbocycles. The van der Waals surface area contributed by atoms with E-state index in [4.69, 9.17) is 5.73 Å². The van der Waals surface area contributed by atoms with Crippen LogP contribution in [0.3, 0.4) is 0 Å². The molecule has 0 fully saturated rings. The van der Waals surface area contributed by atoms with Crippen LogP contribution in [0.25, 0.3) is 0 Å². The van der Waals surface area contributed by atoms with E-state index in [0.717, 1.165) is 6.92 Å². The molecule has 0 heterocycles. The predicted octanol–water partition coefficient (Wildman–Crippen LogP) is -2.79. The van der Waals surface area contributed by atoms with Crippen LogP contribution in [0.1, 0.15) is 8.35 Å². The van der Waals surface area contributed by atoms with Crippen molar-refractivity contribution in [3.63, 3.8) is 0 Å². The van der Waals surface area contributed by atoms with Gasteiger partial charge in [0.25, 0.3) is 10.0 Å². The second-order valence-corrected chi connectivity index (χ2v) is 4.41. The summed E-state index contributed by atoms with van der Waals surface area (Å²) in [5.41, 5.74) is 5.85. The molecular formula is C8H11N2NaO3S. The van der Waals surface area contributed by atoms with Crippen molar-refractivity contribution < 1.29 is 44.2 Å². The van der Waals surface area contributed by atoms with E-state index < -0.39 is 15.9 Å². The molecule has 0 aliphatic rings. The maximum atomic E-state index is 11.4. The standard InChI is InChI=1S/C8H10N2O3S.Na.H/c1-6(11)10-14(12,13)8-4-2-7(9)3-5-8;;/h2-5H,9H2,1H3,(H,10,11);;/q;+1;-1. The van der Waals surface area contributed by atoms with Crippen LogP contribution < -0.4 is 40.0 Å². The summed E-state index contributed by atoms with van der Waals surface area (Å²) in [6.45, 7) is 1.13. The molecule has 1 rings (SSSR count). The zero-order valence-corrected chi connectivity index (χ0v) is 11.3. The van der Waals surface area contributed by atoms with Crippen molar-refractivity contribution in [3.8, 4) is 0 Å². The first-order chi connectivity index (χ1) is 6.42. The van der Waals surface area contributed by atoms with Gasteiger partial charge in [0.05, 0.1) is 4.90 Å². The molecule has 1 aromatic rings. The fraction of sp³-hybridized carbons (Fsp3) is 0.125. The van der Waals surface area contributed by atoms with Crippen LogP contribution in [0.15, 0.2) is 29.2 Å². The molecule has 0 atom stereocenters. The Morgan fingerprint density at radius 3 is 2.20 bits per heavy atom. The minimum Gasteiger partial charge on any atom is -1.00 e. The third kappa shape index (κ3) is 4.21. The zero-order valence-electron chi connectivity index (χ0n) is 9.52. The Bertz CT molecular complexity index is 447. The fourth-order valence-corrected chi connectivity index (χ4v) is 1.89. The smallest absolute Gasteiger partial charge is 1.00 e. The molecule has 0 saturated carbocycles. The average molecular weight is 238 g/mol. The summed E-state index contributed by atoms with van der Waals surface area (Å²) in [7, 11) is -3.73. The summed E-state index contributed by atoms with van der Waals surface area (Å²) < 4.78 is 24.6. The van der Waals surface area contributed by atoms with Crippen molar-refractivity contribution in [3.05, 3.63) is 24.3 Å². The molecule has 0 bridgehead atoms. The summed E-state index contributed by atoms with van der Waals surface area (Å²) >= 11 is 0. The van der Waals surface area contributed by atoms with Gasteiger partial charge in [-0.2, -0.15) is 0 Å². The maximum Gasteiger partial charge on any atom is 1.00 e. The number of carbonyl (C=O) groups is 1. The number of rotatable bonds is 2. The van der Waals surface area contributed by atoms with Crippen molar-refractivity contribution >= 4 is 21.6 Å². The maximum absolute atomic E-state index is 11.4. The average Bonchev–Trinajstić information content (AvgIpc) is 2.02. The Hall–Kier alpha value is -0.560. The first-order valence-electron chi connectivity index (χ1n) is 3.81. The van der Waals surface area contributed by atoms with Gasteiger partial charge in [0, 0.05) is 12.6 Å². The molecule has 0 aromatic heterocycles. The van der Waals surface area contributed by atoms with Gasteiger partial charge < -0.3 is 7.16 Å². The van der Waals surface area contributed by atoms with Crippen LogP contribution in [-0.4, -0.2) is 14.3 Å². The van der Waals surface area contributed by atoms with E-state index in [2.05, 4.69) is 0 Å². The van der Waals surface area contributed by atoms with Gasteiger partial charge in [0.2, 0.25) is 5.91 Å². The van der Waals surface area contributed by atoms with Crippen molar-refractivity contribution in [1.29, 1.82) is 0 Å². The fourth-order valence-electron chi connectivity index (χ4n) is 0.895. The van der Waals surface area contributed by atoms with Gasteiger partial charge in [-0.05, 0) is 24.3 Å². The summed E-state index contributed by atoms with van der Waals surface area (Å²) in [6.07, 6.45) is 0. The number of hydrogen-bond acceptors (Lipinski definition) is 4. The second-order valence-electron chi connectivity index (χ2n) is 2.73. The van der Waals surface area contributed by atoms with Crippen molar-refractivity contribution in [2.24, 2.45) is 0 Å². The molecule has 0 spiro atoms. The number of carbonyl (C=O) groups excluding carboxylic acids is 1. The second kappa shape index (κ2) is 5.50. The van der Waals surface area contributed by atoms with Crippen molar-refractivity contribution in [2.75, 3.05) is 5.73 Å². The molecule has 0 radical (unpaired) electrons. The number of amides is 1. The molecule has 1 amide bonds. The SMILES string of the molecule is CC(=O)NS(=O)(=O)c1ccc(N)cc1.[H-].[Na+]. The van der Waals surface area contributed by atoms with E-state index in [-0.39, 0.29) is 35.9 Å². The molecule has 0 aliphatic carbocycles. The van der Waals surface area contributed by atoms with Gasteiger partial charge >= 0.3 is 29.6 Å². The number of nitrogens with one attached hydrogen (secondary N) is 1. The summed E-state index contributed by atoms with van der Waals surface area (Å²) in [5.74, 6) is -0.623. The Kier molecular flexibility index (Phi) is 5.30. The summed E-state index contributed by atoms with van der Waals surface area (Å²) in [4.78, 5) is 10.6. The molecule has 0 unspecified atom stereocenters. The van der Waals surface area contributed by atoms with Crippen LogP contribution in [0.2, 0.25) is 0 Å². The van der Waals surface area contributed by atoms with Crippen LogP contribution in [0.5, 0.6) is 0 Å². The predicted molar refractivity (Wildman–Crippen MR) is 53.0 cm³/mol. The Labute approximate surface area is 112 Å². The molecule has 15 heavy (non-hydrogen) atoms. The van der Waals surface area contributed by atoms with Gasteiger partial charge in [0.15, 0.2) is 0 Å². The van der Waals surface area contributed by atoms with E-state index >= 15 is 0 Å². The Balaban J connectivity index is 0. The van der Waals surface area contributed by atoms with Crippen LogP contribution in [0, 0.1) is 0 Å². The van der Waals surface area contributed by atoms with Crippen LogP contribution in [0.4, 0.5) is 5.69 Å². The van der Waals surface area contributed by atoms with Crippen LogP contribution in [-0.2, 0) is 14.8 Å². The number of benzene rings is 1. The Morgan fingerprint density at radius 2 is 1.80 bits per heavy atom. The van der Waals surface area contributed by atoms with Gasteiger partial charge in [-0.25, -0.2) is 13.1 Å². The van der Waals surface area contributed by atoms with Gasteiger partial charge in [-0.1, -0.05) is 0 Å². The summed E-state index contributed by atoms with van der Waals surface area (Å²) in [6, 6.07) is 5.57. The zero-order chi connectivity index (χ0) is 10.8. The number of nitrogen functional groups attached to an aromatic ring is 1. The Morgan fingerprint density at radius 1 is 1.33 bits per heavy atom. The molecule has 7 heteroatoms. The van der Waals surface area contributed by atoms with Gasteiger partial charge in [-0.3, -0.25) is 4.79 Å². The third-order valence-corrected chi connectivity index (χ3v) is 2.92. The normalized spacial score (nSPS) is 10.2. The first-order valence-corrected chi connectivity index (χ1v) is 5.29. The molecule has 3 N–H and O–H groups in total. The third-order valence-electron chi connectivity index (χ3n) is 1.47. The summed E-state index contributed by atoms with van der Waals surface area (Å²) in [5, 5.41) is 0. The molecule has 78 valence electrons. The van der Waals surface area contributed by atoms with E-state index in [1.165, 1.54) is 24.3 Å².